The van der Waals surface area contributed by atoms with Gasteiger partial charge in [0.15, 0.2) is 0 Å². The molecule has 0 aliphatic carbocycles. The minimum atomic E-state index is -3.47. The van der Waals surface area contributed by atoms with Gasteiger partial charge in [0, 0.05) is 13.0 Å². The second kappa shape index (κ2) is 9.53. The molecule has 8 heteroatoms. The van der Waals surface area contributed by atoms with Crippen LogP contribution in [0.4, 0.5) is 0 Å². The zero-order chi connectivity index (χ0) is 19.0. The van der Waals surface area contributed by atoms with E-state index in [1.54, 1.807) is 12.1 Å². The van der Waals surface area contributed by atoms with Crippen molar-refractivity contribution in [2.45, 2.75) is 38.0 Å². The average Bonchev–Trinajstić information content (AvgIpc) is 2.56. The third-order valence-electron chi connectivity index (χ3n) is 3.79. The summed E-state index contributed by atoms with van der Waals surface area (Å²) < 4.78 is 25.5. The predicted octanol–water partition coefficient (Wildman–Crippen LogP) is 1.39. The Morgan fingerprint density at radius 3 is 2.24 bits per heavy atom. The zero-order valence-corrected chi connectivity index (χ0v) is 15.6. The highest BCUT2D eigenvalue weighted by Crippen LogP contribution is 2.13. The molecule has 0 radical (unpaired) electrons. The van der Waals surface area contributed by atoms with Crippen LogP contribution in [0.3, 0.4) is 0 Å². The highest BCUT2D eigenvalue weighted by Gasteiger charge is 2.19. The number of amides is 1. The molecule has 0 heterocycles. The van der Waals surface area contributed by atoms with E-state index in [-0.39, 0.29) is 29.7 Å². The van der Waals surface area contributed by atoms with Crippen LogP contribution in [0.15, 0.2) is 29.2 Å². The highest BCUT2D eigenvalue weighted by molar-refractivity contribution is 7.89. The molecule has 1 unspecified atom stereocenters. The van der Waals surface area contributed by atoms with Crippen LogP contribution in [0.5, 0.6) is 0 Å². The first-order chi connectivity index (χ1) is 11.7. The van der Waals surface area contributed by atoms with Crippen molar-refractivity contribution in [1.29, 1.82) is 0 Å². The summed E-state index contributed by atoms with van der Waals surface area (Å²) >= 11 is 0. The van der Waals surface area contributed by atoms with E-state index in [9.17, 15) is 18.0 Å². The molecule has 140 valence electrons. The van der Waals surface area contributed by atoms with Crippen LogP contribution in [-0.2, 0) is 26.0 Å². The Bertz CT molecular complexity index is 683. The molecule has 1 aromatic carbocycles. The molecule has 1 aromatic rings. The van der Waals surface area contributed by atoms with Crippen molar-refractivity contribution in [2.75, 3.05) is 13.6 Å². The molecule has 0 aliphatic heterocycles. The number of carbonyl (C=O) groups is 2. The number of sulfonamides is 1. The molecule has 0 aromatic heterocycles. The summed E-state index contributed by atoms with van der Waals surface area (Å²) in [6.45, 7) is 4.00. The lowest BCUT2D eigenvalue weighted by Crippen LogP contribution is -2.33. The lowest BCUT2D eigenvalue weighted by Gasteiger charge is -2.15. The molecule has 25 heavy (non-hydrogen) atoms. The summed E-state index contributed by atoms with van der Waals surface area (Å²) in [5, 5.41) is 11.8. The smallest absolute Gasteiger partial charge is 0.308 e. The first-order valence-electron chi connectivity index (χ1n) is 8.17. The Balaban J connectivity index is 2.50. The predicted molar refractivity (Wildman–Crippen MR) is 94.6 cm³/mol. The molecule has 0 saturated carbocycles. The van der Waals surface area contributed by atoms with Crippen molar-refractivity contribution in [1.82, 2.24) is 10.0 Å². The van der Waals surface area contributed by atoms with Crippen LogP contribution in [0.2, 0.25) is 0 Å². The Kier molecular flexibility index (Phi) is 8.05. The molecule has 0 fully saturated rings. The summed E-state index contributed by atoms with van der Waals surface area (Å²) in [5.74, 6) is -1.47. The van der Waals surface area contributed by atoms with Crippen molar-refractivity contribution in [3.63, 3.8) is 0 Å². The number of carboxylic acid groups (broad SMARTS) is 1. The Labute approximate surface area is 148 Å². The number of hydrogen-bond donors (Lipinski definition) is 3. The van der Waals surface area contributed by atoms with Gasteiger partial charge in [-0.3, -0.25) is 9.59 Å². The molecule has 0 spiro atoms. The van der Waals surface area contributed by atoms with Crippen LogP contribution in [0.1, 0.15) is 32.3 Å². The zero-order valence-electron chi connectivity index (χ0n) is 14.8. The van der Waals surface area contributed by atoms with Crippen LogP contribution in [-0.4, -0.2) is 39.0 Å². The van der Waals surface area contributed by atoms with E-state index in [2.05, 4.69) is 10.0 Å². The second-order valence-electron chi connectivity index (χ2n) is 6.32. The van der Waals surface area contributed by atoms with Crippen molar-refractivity contribution in [2.24, 2.45) is 11.8 Å². The Morgan fingerprint density at radius 1 is 1.16 bits per heavy atom. The fourth-order valence-corrected chi connectivity index (χ4v) is 3.11. The van der Waals surface area contributed by atoms with E-state index in [4.69, 9.17) is 5.11 Å². The van der Waals surface area contributed by atoms with Gasteiger partial charge in [0.1, 0.15) is 0 Å². The van der Waals surface area contributed by atoms with Gasteiger partial charge in [-0.2, -0.15) is 0 Å². The van der Waals surface area contributed by atoms with Crippen LogP contribution in [0, 0.1) is 11.8 Å². The number of hydrogen-bond acceptors (Lipinski definition) is 4. The number of benzene rings is 1. The van der Waals surface area contributed by atoms with Crippen molar-refractivity contribution >= 4 is 21.9 Å². The molecule has 1 rings (SSSR count). The van der Waals surface area contributed by atoms with E-state index >= 15 is 0 Å². The third-order valence-corrected chi connectivity index (χ3v) is 5.22. The molecular formula is C17H26N2O5S. The number of carboxylic acids is 1. The minimum absolute atomic E-state index is 0.117. The van der Waals surface area contributed by atoms with Gasteiger partial charge >= 0.3 is 5.97 Å². The summed E-state index contributed by atoms with van der Waals surface area (Å²) in [7, 11) is -2.12. The second-order valence-corrected chi connectivity index (χ2v) is 8.21. The number of aliphatic carboxylic acids is 1. The van der Waals surface area contributed by atoms with Crippen LogP contribution < -0.4 is 10.0 Å². The highest BCUT2D eigenvalue weighted by atomic mass is 32.2. The molecule has 0 aliphatic rings. The fraction of sp³-hybridized carbons (Fsp3) is 0.529. The van der Waals surface area contributed by atoms with Crippen LogP contribution in [0.25, 0.3) is 0 Å². The average molecular weight is 370 g/mol. The molecule has 3 N–H and O–H groups in total. The Morgan fingerprint density at radius 2 is 1.76 bits per heavy atom. The normalized spacial score (nSPS) is 12.8. The van der Waals surface area contributed by atoms with E-state index < -0.39 is 21.9 Å². The molecule has 0 saturated heterocycles. The lowest BCUT2D eigenvalue weighted by atomic mass is 9.97. The minimum Gasteiger partial charge on any atom is -0.481 e. The maximum Gasteiger partial charge on any atom is 0.308 e. The standard InChI is InChI=1S/C17H26N2O5S/c1-12(2)10-14(17(21)22)11-19-16(20)9-6-13-4-7-15(8-5-13)25(23,24)18-3/h4-5,7-8,12,14,18H,6,9-11H2,1-3H3,(H,19,20)(H,21,22). The van der Waals surface area contributed by atoms with Crippen molar-refractivity contribution < 1.29 is 23.1 Å². The van der Waals surface area contributed by atoms with E-state index in [1.165, 1.54) is 19.2 Å². The van der Waals surface area contributed by atoms with Gasteiger partial charge in [-0.1, -0.05) is 26.0 Å². The maximum atomic E-state index is 11.9. The summed E-state index contributed by atoms with van der Waals surface area (Å²) in [4.78, 5) is 23.2. The molecular weight excluding hydrogens is 344 g/mol. The first kappa shape index (κ1) is 21.1. The first-order valence-corrected chi connectivity index (χ1v) is 9.66. The van der Waals surface area contributed by atoms with E-state index in [0.717, 1.165) is 5.56 Å². The van der Waals surface area contributed by atoms with Gasteiger partial charge in [-0.05, 0) is 43.5 Å². The monoisotopic (exact) mass is 370 g/mol. The van der Waals surface area contributed by atoms with Gasteiger partial charge in [0.05, 0.1) is 10.8 Å². The number of carbonyl (C=O) groups excluding carboxylic acids is 1. The third kappa shape index (κ3) is 7.23. The molecule has 1 atom stereocenters. The van der Waals surface area contributed by atoms with Crippen molar-refractivity contribution in [3.8, 4) is 0 Å². The number of aryl methyl sites for hydroxylation is 1. The van der Waals surface area contributed by atoms with Gasteiger partial charge in [0.2, 0.25) is 15.9 Å². The van der Waals surface area contributed by atoms with Crippen LogP contribution >= 0.6 is 0 Å². The van der Waals surface area contributed by atoms with E-state index in [1.807, 2.05) is 13.8 Å². The Hall–Kier alpha value is -1.93. The summed E-state index contributed by atoms with van der Waals surface area (Å²) in [6, 6.07) is 6.30. The quantitative estimate of drug-likeness (QED) is 0.576. The molecule has 1 amide bonds. The topological polar surface area (TPSA) is 113 Å². The largest absolute Gasteiger partial charge is 0.481 e. The summed E-state index contributed by atoms with van der Waals surface area (Å²) in [5.41, 5.74) is 0.835. The maximum absolute atomic E-state index is 11.9. The van der Waals surface area contributed by atoms with Gasteiger partial charge in [-0.25, -0.2) is 13.1 Å². The SMILES string of the molecule is CNS(=O)(=O)c1ccc(CCC(=O)NCC(CC(C)C)C(=O)O)cc1. The lowest BCUT2D eigenvalue weighted by molar-refractivity contribution is -0.142. The molecule has 0 bridgehead atoms. The van der Waals surface area contributed by atoms with Gasteiger partial charge in [-0.15, -0.1) is 0 Å². The van der Waals surface area contributed by atoms with Gasteiger partial charge in [0.25, 0.3) is 0 Å². The number of nitrogens with one attached hydrogen (secondary N) is 2. The van der Waals surface area contributed by atoms with E-state index in [0.29, 0.717) is 12.8 Å². The summed E-state index contributed by atoms with van der Waals surface area (Å²) in [6.07, 6.45) is 1.18. The number of rotatable bonds is 10. The van der Waals surface area contributed by atoms with Crippen molar-refractivity contribution in [3.05, 3.63) is 29.8 Å². The van der Waals surface area contributed by atoms with Gasteiger partial charge < -0.3 is 10.4 Å². The fourth-order valence-electron chi connectivity index (χ4n) is 2.38. The molecule has 7 nitrogen and oxygen atoms in total.